The van der Waals surface area contributed by atoms with Crippen LogP contribution in [0.4, 0.5) is 17.6 Å². The number of nitrogens with one attached hydrogen (secondary N) is 2. The minimum absolute atomic E-state index is 0.0714. The third-order valence-corrected chi connectivity index (χ3v) is 11.3. The summed E-state index contributed by atoms with van der Waals surface area (Å²) in [4.78, 5) is 30.0. The van der Waals surface area contributed by atoms with Crippen LogP contribution < -0.4 is 20.6 Å². The van der Waals surface area contributed by atoms with Gasteiger partial charge in [0, 0.05) is 25.2 Å². The molecule has 2 aliphatic carbocycles. The standard InChI is InChI=1S/C40H40Cl4F4N2O7/c1-21(23-9-10-23)53-19-39(45,46)56-27-7-3-5-25(13-27)33(15-29-31(41)17-49-37(51)35(29)43)55-34(16-30-32(42)18-50-38(52)36(30)44)26-6-4-8-28(14-26)57-40(47,48)20-54-22(2)24-11-12-24/h3-8,13-14,17-18,21-24,33-34H,9-12,15-16,19-20H2,1-2H3,(H,49,51)(H,50,52). The third kappa shape index (κ3) is 11.9. The van der Waals surface area contributed by atoms with Gasteiger partial charge in [0.25, 0.3) is 11.1 Å². The van der Waals surface area contributed by atoms with Crippen LogP contribution in [0, 0.1) is 11.8 Å². The van der Waals surface area contributed by atoms with Gasteiger partial charge in [-0.05, 0) is 97.9 Å². The molecule has 0 spiro atoms. The number of halogens is 8. The molecule has 57 heavy (non-hydrogen) atoms. The van der Waals surface area contributed by atoms with Crippen LogP contribution in [0.25, 0.3) is 0 Å². The molecule has 2 fully saturated rings. The van der Waals surface area contributed by atoms with Crippen molar-refractivity contribution in [1.82, 2.24) is 9.97 Å². The fourth-order valence-corrected chi connectivity index (χ4v) is 7.31. The van der Waals surface area contributed by atoms with Crippen molar-refractivity contribution in [2.24, 2.45) is 11.8 Å². The molecular weight excluding hydrogens is 838 g/mol. The van der Waals surface area contributed by atoms with Crippen molar-refractivity contribution in [1.29, 1.82) is 0 Å². The number of hydrogen-bond donors (Lipinski definition) is 2. The van der Waals surface area contributed by atoms with E-state index in [1.165, 1.54) is 48.8 Å². The maximum Gasteiger partial charge on any atom is 0.421 e. The molecular formula is C40H40Cl4F4N2O7. The first-order valence-corrected chi connectivity index (χ1v) is 19.8. The zero-order valence-corrected chi connectivity index (χ0v) is 33.8. The Hall–Kier alpha value is -3.30. The third-order valence-electron chi connectivity index (χ3n) is 9.87. The van der Waals surface area contributed by atoms with Gasteiger partial charge in [-0.2, -0.15) is 17.6 Å². The van der Waals surface area contributed by atoms with Gasteiger partial charge in [-0.25, -0.2) is 0 Å². The lowest BCUT2D eigenvalue weighted by Crippen LogP contribution is -2.33. The van der Waals surface area contributed by atoms with Crippen LogP contribution in [0.3, 0.4) is 0 Å². The second-order valence-electron chi connectivity index (χ2n) is 14.4. The number of pyridine rings is 2. The minimum Gasteiger partial charge on any atom is -0.431 e. The van der Waals surface area contributed by atoms with Gasteiger partial charge < -0.3 is 33.7 Å². The monoisotopic (exact) mass is 876 g/mol. The molecule has 2 heterocycles. The van der Waals surface area contributed by atoms with Crippen LogP contribution >= 0.6 is 46.4 Å². The van der Waals surface area contributed by atoms with Crippen molar-refractivity contribution >= 4 is 46.4 Å². The van der Waals surface area contributed by atoms with Crippen molar-refractivity contribution in [2.75, 3.05) is 13.2 Å². The lowest BCUT2D eigenvalue weighted by molar-refractivity contribution is -0.220. The van der Waals surface area contributed by atoms with Crippen LogP contribution in [0.2, 0.25) is 20.1 Å². The highest BCUT2D eigenvalue weighted by atomic mass is 35.5. The van der Waals surface area contributed by atoms with E-state index in [1.54, 1.807) is 26.0 Å². The number of hydrogen-bond acceptors (Lipinski definition) is 7. The number of aromatic nitrogens is 2. The molecule has 2 aromatic carbocycles. The normalized spacial score (nSPS) is 16.9. The quantitative estimate of drug-likeness (QED) is 0.0851. The van der Waals surface area contributed by atoms with Crippen LogP contribution in [-0.4, -0.2) is 47.6 Å². The Bertz CT molecular complexity index is 2000. The number of alkyl halides is 4. The van der Waals surface area contributed by atoms with E-state index in [0.717, 1.165) is 25.7 Å². The molecule has 0 radical (unpaired) electrons. The maximum absolute atomic E-state index is 15.1. The Balaban J connectivity index is 1.35. The van der Waals surface area contributed by atoms with E-state index in [4.69, 9.17) is 70.1 Å². The van der Waals surface area contributed by atoms with Gasteiger partial charge in [0.2, 0.25) is 0 Å². The topological polar surface area (TPSA) is 112 Å². The molecule has 308 valence electrons. The molecule has 0 saturated heterocycles. The molecule has 2 N–H and O–H groups in total. The van der Waals surface area contributed by atoms with Crippen LogP contribution in [0.15, 0.2) is 70.5 Å². The fraction of sp³-hybridized carbons (Fsp3) is 0.450. The molecule has 2 aliphatic rings. The summed E-state index contributed by atoms with van der Waals surface area (Å²) < 4.78 is 88.0. The van der Waals surface area contributed by atoms with E-state index >= 15 is 17.6 Å². The van der Waals surface area contributed by atoms with Crippen molar-refractivity contribution in [3.05, 3.63) is 124 Å². The molecule has 0 bridgehead atoms. The summed E-state index contributed by atoms with van der Waals surface area (Å²) in [5.74, 6) is 0.00250. The first-order valence-electron chi connectivity index (χ1n) is 18.3. The average molecular weight is 879 g/mol. The largest absolute Gasteiger partial charge is 0.431 e. The van der Waals surface area contributed by atoms with Crippen LogP contribution in [-0.2, 0) is 27.1 Å². The molecule has 6 rings (SSSR count). The summed E-state index contributed by atoms with van der Waals surface area (Å²) in [6.07, 6.45) is -4.63. The second-order valence-corrected chi connectivity index (χ2v) is 15.9. The fourth-order valence-electron chi connectivity index (χ4n) is 6.30. The van der Waals surface area contributed by atoms with Crippen molar-refractivity contribution in [3.63, 3.8) is 0 Å². The maximum atomic E-state index is 15.1. The van der Waals surface area contributed by atoms with Crippen molar-refractivity contribution in [2.45, 2.75) is 89.0 Å². The number of ether oxygens (including phenoxy) is 5. The number of rotatable bonds is 20. The smallest absolute Gasteiger partial charge is 0.421 e. The van der Waals surface area contributed by atoms with E-state index in [0.29, 0.717) is 0 Å². The van der Waals surface area contributed by atoms with E-state index < -0.39 is 48.8 Å². The molecule has 4 unspecified atom stereocenters. The van der Waals surface area contributed by atoms with Crippen LogP contribution in [0.5, 0.6) is 11.5 Å². The van der Waals surface area contributed by atoms with Crippen LogP contribution in [0.1, 0.15) is 74.0 Å². The van der Waals surface area contributed by atoms with Gasteiger partial charge in [-0.1, -0.05) is 70.7 Å². The predicted octanol–water partition coefficient (Wildman–Crippen LogP) is 10.5. The van der Waals surface area contributed by atoms with E-state index in [1.807, 2.05) is 0 Å². The highest BCUT2D eigenvalue weighted by Crippen LogP contribution is 2.40. The summed E-state index contributed by atoms with van der Waals surface area (Å²) in [5.41, 5.74) is -0.420. The van der Waals surface area contributed by atoms with Gasteiger partial charge in [0.05, 0.1) is 34.5 Å². The zero-order chi connectivity index (χ0) is 41.1. The molecule has 9 nitrogen and oxygen atoms in total. The molecule has 0 aliphatic heterocycles. The van der Waals surface area contributed by atoms with Gasteiger partial charge in [0.1, 0.15) is 21.5 Å². The van der Waals surface area contributed by atoms with E-state index in [-0.39, 0.29) is 90.7 Å². The first kappa shape index (κ1) is 43.3. The lowest BCUT2D eigenvalue weighted by Gasteiger charge is -2.28. The lowest BCUT2D eigenvalue weighted by atomic mass is 9.98. The summed E-state index contributed by atoms with van der Waals surface area (Å²) >= 11 is 25.9. The molecule has 2 saturated carbocycles. The summed E-state index contributed by atoms with van der Waals surface area (Å²) in [6, 6.07) is 11.4. The average Bonchev–Trinajstić information content (AvgIpc) is 4.09. The predicted molar refractivity (Wildman–Crippen MR) is 208 cm³/mol. The summed E-state index contributed by atoms with van der Waals surface area (Å²) in [5, 5.41) is -0.348. The van der Waals surface area contributed by atoms with Gasteiger partial charge in [-0.3, -0.25) is 9.59 Å². The second kappa shape index (κ2) is 18.3. The summed E-state index contributed by atoms with van der Waals surface area (Å²) in [7, 11) is 0. The highest BCUT2D eigenvalue weighted by molar-refractivity contribution is 6.36. The first-order chi connectivity index (χ1) is 27.0. The number of aromatic amines is 2. The highest BCUT2D eigenvalue weighted by Gasteiger charge is 2.38. The molecule has 17 heteroatoms. The molecule has 4 aromatic rings. The number of benzene rings is 2. The summed E-state index contributed by atoms with van der Waals surface area (Å²) in [6.45, 7) is 1.52. The van der Waals surface area contributed by atoms with Gasteiger partial charge >= 0.3 is 12.2 Å². The molecule has 0 amide bonds. The van der Waals surface area contributed by atoms with Gasteiger partial charge in [-0.15, -0.1) is 0 Å². The Morgan fingerprint density at radius 1 is 0.667 bits per heavy atom. The molecule has 2 aromatic heterocycles. The van der Waals surface area contributed by atoms with E-state index in [9.17, 15) is 9.59 Å². The SMILES string of the molecule is CC(OCC(F)(F)Oc1cccc(C(Cc2c(Cl)c[nH]c(=O)c2Cl)OC(Cc2c(Cl)c[nH]c(=O)c2Cl)c2cccc(OC(F)(F)COC(C)C3CC3)c2)c1)C1CC1. The minimum atomic E-state index is -3.70. The Morgan fingerprint density at radius 2 is 1.05 bits per heavy atom. The van der Waals surface area contributed by atoms with Crippen molar-refractivity contribution in [3.8, 4) is 11.5 Å². The van der Waals surface area contributed by atoms with Gasteiger partial charge in [0.15, 0.2) is 13.2 Å². The zero-order valence-electron chi connectivity index (χ0n) is 30.8. The molecule has 4 atom stereocenters. The van der Waals surface area contributed by atoms with E-state index in [2.05, 4.69) is 9.97 Å². The van der Waals surface area contributed by atoms with Crippen molar-refractivity contribution < 1.29 is 41.2 Å². The Kier molecular flexibility index (Phi) is 13.9. The Labute approximate surface area is 345 Å². The Morgan fingerprint density at radius 3 is 1.42 bits per heavy atom. The number of H-pyrrole nitrogens is 2.